The Hall–Kier alpha value is -4.00. The van der Waals surface area contributed by atoms with E-state index in [0.29, 0.717) is 18.7 Å². The fourth-order valence-corrected chi connectivity index (χ4v) is 3.37. The number of hydrogen-bond acceptors (Lipinski definition) is 5. The molecule has 0 fully saturated rings. The van der Waals surface area contributed by atoms with Crippen LogP contribution < -0.4 is 10.6 Å². The van der Waals surface area contributed by atoms with Crippen molar-refractivity contribution in [2.75, 3.05) is 11.9 Å². The minimum atomic E-state index is -0.434. The summed E-state index contributed by atoms with van der Waals surface area (Å²) in [6.07, 6.45) is 6.98. The number of hydrogen-bond donors (Lipinski definition) is 4. The Labute approximate surface area is 174 Å². The smallest absolute Gasteiger partial charge is 0.270 e. The molecule has 4 aromatic rings. The van der Waals surface area contributed by atoms with Crippen LogP contribution in [0.2, 0.25) is 0 Å². The van der Waals surface area contributed by atoms with Gasteiger partial charge in [0.15, 0.2) is 0 Å². The van der Waals surface area contributed by atoms with E-state index in [1.54, 1.807) is 18.6 Å². The van der Waals surface area contributed by atoms with Crippen LogP contribution in [0.25, 0.3) is 22.2 Å². The molecule has 4 N–H and O–H groups in total. The van der Waals surface area contributed by atoms with Gasteiger partial charge in [0.05, 0.1) is 0 Å². The molecule has 0 radical (unpaired) electrons. The molecule has 1 amide bonds. The lowest BCUT2D eigenvalue weighted by atomic mass is 9.97. The minimum Gasteiger partial charge on any atom is -0.385 e. The molecule has 0 aliphatic heterocycles. The van der Waals surface area contributed by atoms with Gasteiger partial charge in [-0.1, -0.05) is 12.1 Å². The predicted molar refractivity (Wildman–Crippen MR) is 119 cm³/mol. The van der Waals surface area contributed by atoms with Crippen molar-refractivity contribution in [3.63, 3.8) is 0 Å². The summed E-state index contributed by atoms with van der Waals surface area (Å²) >= 11 is 0. The van der Waals surface area contributed by atoms with E-state index < -0.39 is 5.91 Å². The number of fused-ring (bicyclic) bond motifs is 1. The number of anilines is 1. The van der Waals surface area contributed by atoms with Crippen LogP contribution in [0.3, 0.4) is 0 Å². The molecule has 1 aromatic carbocycles. The van der Waals surface area contributed by atoms with Crippen LogP contribution >= 0.6 is 0 Å². The first-order valence-corrected chi connectivity index (χ1v) is 9.73. The average molecular weight is 398 g/mol. The molecule has 3 heterocycles. The molecule has 0 bridgehead atoms. The van der Waals surface area contributed by atoms with Gasteiger partial charge in [-0.3, -0.25) is 15.2 Å². The fourth-order valence-electron chi connectivity index (χ4n) is 3.37. The molecule has 0 aliphatic carbocycles. The lowest BCUT2D eigenvalue weighted by Crippen LogP contribution is -2.31. The van der Waals surface area contributed by atoms with Crippen molar-refractivity contribution in [1.82, 2.24) is 20.3 Å². The molecule has 3 aromatic heterocycles. The first kappa shape index (κ1) is 19.3. The number of H-pyrrole nitrogens is 1. The number of benzene rings is 1. The van der Waals surface area contributed by atoms with E-state index >= 15 is 0 Å². The average Bonchev–Trinajstić information content (AvgIpc) is 3.27. The van der Waals surface area contributed by atoms with E-state index in [0.717, 1.165) is 33.4 Å². The molecule has 0 atom stereocenters. The van der Waals surface area contributed by atoms with Gasteiger partial charge in [-0.15, -0.1) is 0 Å². The number of aromatic amines is 1. The Kier molecular flexibility index (Phi) is 5.52. The highest BCUT2D eigenvalue weighted by Gasteiger charge is 2.17. The summed E-state index contributed by atoms with van der Waals surface area (Å²) in [5, 5.41) is 15.6. The maximum Gasteiger partial charge on any atom is 0.270 e. The van der Waals surface area contributed by atoms with Gasteiger partial charge >= 0.3 is 0 Å². The number of aromatic nitrogens is 3. The van der Waals surface area contributed by atoms with Crippen molar-refractivity contribution in [2.24, 2.45) is 0 Å². The van der Waals surface area contributed by atoms with Gasteiger partial charge in [-0.25, -0.2) is 4.98 Å². The van der Waals surface area contributed by atoms with Crippen LogP contribution in [0.5, 0.6) is 0 Å². The van der Waals surface area contributed by atoms with Crippen molar-refractivity contribution in [3.05, 3.63) is 78.4 Å². The van der Waals surface area contributed by atoms with E-state index in [-0.39, 0.29) is 5.71 Å². The third-order valence-electron chi connectivity index (χ3n) is 4.83. The van der Waals surface area contributed by atoms with Gasteiger partial charge in [-0.05, 0) is 53.9 Å². The molecule has 0 saturated heterocycles. The largest absolute Gasteiger partial charge is 0.385 e. The van der Waals surface area contributed by atoms with Crippen LogP contribution in [0.15, 0.2) is 67.3 Å². The van der Waals surface area contributed by atoms with Crippen molar-refractivity contribution in [1.29, 1.82) is 5.41 Å². The molecule has 7 heteroatoms. The molecular weight excluding hydrogens is 376 g/mol. The van der Waals surface area contributed by atoms with Crippen molar-refractivity contribution >= 4 is 28.3 Å². The second-order valence-corrected chi connectivity index (χ2v) is 6.81. The molecule has 7 nitrogen and oxygen atoms in total. The number of amides is 1. The van der Waals surface area contributed by atoms with Crippen LogP contribution in [-0.2, 0) is 11.3 Å². The quantitative estimate of drug-likeness (QED) is 0.356. The van der Waals surface area contributed by atoms with Gasteiger partial charge in [0.1, 0.15) is 11.4 Å². The summed E-state index contributed by atoms with van der Waals surface area (Å²) in [5.41, 5.74) is 4.81. The third kappa shape index (κ3) is 3.91. The second-order valence-electron chi connectivity index (χ2n) is 6.81. The number of carbonyl (C=O) groups is 1. The lowest BCUT2D eigenvalue weighted by molar-refractivity contribution is -0.114. The zero-order valence-electron chi connectivity index (χ0n) is 16.6. The first-order valence-electron chi connectivity index (χ1n) is 9.73. The lowest BCUT2D eigenvalue weighted by Gasteiger charge is -2.14. The number of carbonyl (C=O) groups excluding carboxylic acids is 1. The fraction of sp³-hybridized carbons (Fsp3) is 0.130. The van der Waals surface area contributed by atoms with E-state index in [1.807, 2.05) is 55.6 Å². The summed E-state index contributed by atoms with van der Waals surface area (Å²) in [7, 11) is 0. The number of rotatable bonds is 7. The topological polar surface area (TPSA) is 107 Å². The highest BCUT2D eigenvalue weighted by molar-refractivity contribution is 6.45. The highest BCUT2D eigenvalue weighted by Crippen LogP contribution is 2.30. The Bertz CT molecular complexity index is 1200. The van der Waals surface area contributed by atoms with Crippen molar-refractivity contribution in [3.8, 4) is 11.1 Å². The maximum atomic E-state index is 12.7. The standard InChI is InChI=1S/C23H22N6O/c1-2-26-20-6-5-16(17-7-10-27-22-18(17)8-11-28-22)12-19(20)21(24)23(30)29-14-15-4-3-9-25-13-15/h3-13,24,26H,2,14H2,1H3,(H,27,28)(H,29,30). The Morgan fingerprint density at radius 2 is 2.07 bits per heavy atom. The Balaban J connectivity index is 1.65. The maximum absolute atomic E-state index is 12.7. The Morgan fingerprint density at radius 1 is 1.17 bits per heavy atom. The van der Waals surface area contributed by atoms with Gasteiger partial charge in [0.25, 0.3) is 5.91 Å². The van der Waals surface area contributed by atoms with E-state index in [4.69, 9.17) is 5.41 Å². The van der Waals surface area contributed by atoms with Gasteiger partial charge in [0.2, 0.25) is 0 Å². The van der Waals surface area contributed by atoms with E-state index in [2.05, 4.69) is 25.6 Å². The molecule has 30 heavy (non-hydrogen) atoms. The number of nitrogens with one attached hydrogen (secondary N) is 4. The van der Waals surface area contributed by atoms with E-state index in [9.17, 15) is 4.79 Å². The predicted octanol–water partition coefficient (Wildman–Crippen LogP) is 3.74. The number of pyridine rings is 2. The molecule has 150 valence electrons. The zero-order valence-corrected chi connectivity index (χ0v) is 16.6. The van der Waals surface area contributed by atoms with Crippen molar-refractivity contribution in [2.45, 2.75) is 13.5 Å². The minimum absolute atomic E-state index is 0.0870. The summed E-state index contributed by atoms with van der Waals surface area (Å²) in [6, 6.07) is 13.4. The normalized spacial score (nSPS) is 10.7. The summed E-state index contributed by atoms with van der Waals surface area (Å²) in [4.78, 5) is 24.2. The van der Waals surface area contributed by atoms with E-state index in [1.165, 1.54) is 0 Å². The van der Waals surface area contributed by atoms with Crippen molar-refractivity contribution < 1.29 is 4.79 Å². The highest BCUT2D eigenvalue weighted by atomic mass is 16.1. The van der Waals surface area contributed by atoms with Gasteiger partial charge < -0.3 is 15.6 Å². The van der Waals surface area contributed by atoms with Crippen LogP contribution in [0.1, 0.15) is 18.1 Å². The number of nitrogens with zero attached hydrogens (tertiary/aromatic N) is 2. The second kappa shape index (κ2) is 8.57. The first-order chi connectivity index (χ1) is 14.7. The summed E-state index contributed by atoms with van der Waals surface area (Å²) in [5.74, 6) is -0.434. The van der Waals surface area contributed by atoms with Gasteiger partial charge in [0, 0.05) is 54.5 Å². The Morgan fingerprint density at radius 3 is 2.87 bits per heavy atom. The SMILES string of the molecule is CCNc1ccc(-c2ccnc3[nH]ccc23)cc1C(=N)C(=O)NCc1cccnc1. The molecule has 0 unspecified atom stereocenters. The molecule has 0 saturated carbocycles. The molecule has 0 aliphatic rings. The van der Waals surface area contributed by atoms with Crippen LogP contribution in [0.4, 0.5) is 5.69 Å². The zero-order chi connectivity index (χ0) is 20.9. The van der Waals surface area contributed by atoms with Gasteiger partial charge in [-0.2, -0.15) is 0 Å². The third-order valence-corrected chi connectivity index (χ3v) is 4.83. The molecule has 0 spiro atoms. The van der Waals surface area contributed by atoms with Crippen LogP contribution in [-0.4, -0.2) is 33.1 Å². The molecular formula is C23H22N6O. The summed E-state index contributed by atoms with van der Waals surface area (Å²) in [6.45, 7) is 2.99. The van der Waals surface area contributed by atoms with Crippen LogP contribution in [0, 0.1) is 5.41 Å². The molecule has 4 rings (SSSR count). The summed E-state index contributed by atoms with van der Waals surface area (Å²) < 4.78 is 0. The monoisotopic (exact) mass is 398 g/mol.